The van der Waals surface area contributed by atoms with Crippen LogP contribution in [0.25, 0.3) is 5.78 Å². The normalized spacial score (nSPS) is 17.2. The van der Waals surface area contributed by atoms with E-state index in [0.29, 0.717) is 12.3 Å². The van der Waals surface area contributed by atoms with Crippen molar-refractivity contribution in [2.75, 3.05) is 25.1 Å². The van der Waals surface area contributed by atoms with Crippen molar-refractivity contribution in [1.29, 1.82) is 0 Å². The predicted molar refractivity (Wildman–Crippen MR) is 99.5 cm³/mol. The third kappa shape index (κ3) is 2.88. The van der Waals surface area contributed by atoms with Gasteiger partial charge in [0, 0.05) is 24.5 Å². The first-order valence-electron chi connectivity index (χ1n) is 8.66. The van der Waals surface area contributed by atoms with Crippen LogP contribution in [0.4, 0.5) is 5.69 Å². The minimum absolute atomic E-state index is 0.112. The van der Waals surface area contributed by atoms with E-state index in [9.17, 15) is 14.4 Å². The molecular formula is C18H18N6O4. The molecule has 1 aliphatic heterocycles. The number of aromatic nitrogens is 4. The Balaban J connectivity index is 1.58. The van der Waals surface area contributed by atoms with E-state index in [2.05, 4.69) is 15.1 Å². The highest BCUT2D eigenvalue weighted by Gasteiger charge is 2.35. The Morgan fingerprint density at radius 1 is 1.21 bits per heavy atom. The number of fused-ring (bicyclic) bond motifs is 1. The highest BCUT2D eigenvalue weighted by Crippen LogP contribution is 2.23. The highest BCUT2D eigenvalue weighted by atomic mass is 16.5. The second-order valence-corrected chi connectivity index (χ2v) is 6.48. The molecule has 0 saturated carbocycles. The molecule has 1 fully saturated rings. The SMILES string of the molecule is COc1ccc(N2C[C@@H](C)N(C(=O)c3cnc4nc[nH]n4c3=O)CC2=O)cc1. The van der Waals surface area contributed by atoms with Crippen molar-refractivity contribution in [3.05, 3.63) is 52.7 Å². The molecule has 1 N–H and O–H groups in total. The lowest BCUT2D eigenvalue weighted by molar-refractivity contribution is -0.121. The third-order valence-corrected chi connectivity index (χ3v) is 4.77. The topological polar surface area (TPSA) is 113 Å². The molecule has 3 heterocycles. The van der Waals surface area contributed by atoms with Crippen LogP contribution in [0.1, 0.15) is 17.3 Å². The van der Waals surface area contributed by atoms with E-state index in [1.807, 2.05) is 6.92 Å². The van der Waals surface area contributed by atoms with Crippen LogP contribution in [0.3, 0.4) is 0 Å². The second kappa shape index (κ2) is 6.80. The van der Waals surface area contributed by atoms with E-state index in [1.54, 1.807) is 36.3 Å². The van der Waals surface area contributed by atoms with Crippen molar-refractivity contribution in [2.24, 2.45) is 0 Å². The maximum Gasteiger partial charge on any atom is 0.286 e. The lowest BCUT2D eigenvalue weighted by Gasteiger charge is -2.39. The Morgan fingerprint density at radius 2 is 1.96 bits per heavy atom. The van der Waals surface area contributed by atoms with E-state index in [4.69, 9.17) is 4.74 Å². The molecule has 1 atom stereocenters. The number of methoxy groups -OCH3 is 1. The van der Waals surface area contributed by atoms with Crippen molar-refractivity contribution in [3.8, 4) is 5.75 Å². The zero-order chi connectivity index (χ0) is 19.8. The van der Waals surface area contributed by atoms with Gasteiger partial charge in [0.15, 0.2) is 0 Å². The standard InChI is InChI=1S/C18H18N6O4/c1-11-8-23(12-3-5-13(28-2)6-4-12)15(25)9-22(11)16(26)14-7-19-18-20-10-21-24(18)17(14)27/h3-7,10-11H,8-9H2,1-2H3,(H,19,20,21)/t11-/m1/s1. The van der Waals surface area contributed by atoms with Gasteiger partial charge in [-0.15, -0.1) is 0 Å². The molecule has 2 amide bonds. The molecule has 10 nitrogen and oxygen atoms in total. The second-order valence-electron chi connectivity index (χ2n) is 6.48. The van der Waals surface area contributed by atoms with Crippen LogP contribution >= 0.6 is 0 Å². The van der Waals surface area contributed by atoms with Gasteiger partial charge in [0.2, 0.25) is 5.91 Å². The molecule has 10 heteroatoms. The molecule has 28 heavy (non-hydrogen) atoms. The lowest BCUT2D eigenvalue weighted by Crippen LogP contribution is -2.57. The zero-order valence-corrected chi connectivity index (χ0v) is 15.3. The number of aromatic amines is 1. The summed E-state index contributed by atoms with van der Waals surface area (Å²) in [6, 6.07) is 6.86. The average Bonchev–Trinajstić information content (AvgIpc) is 3.19. The van der Waals surface area contributed by atoms with Crippen molar-refractivity contribution in [1.82, 2.24) is 24.5 Å². The van der Waals surface area contributed by atoms with Crippen LogP contribution < -0.4 is 15.2 Å². The number of ether oxygens (including phenoxy) is 1. The maximum absolute atomic E-state index is 12.9. The first kappa shape index (κ1) is 17.7. The van der Waals surface area contributed by atoms with Gasteiger partial charge in [-0.05, 0) is 31.2 Å². The highest BCUT2D eigenvalue weighted by molar-refractivity contribution is 6.01. The molecule has 0 bridgehead atoms. The van der Waals surface area contributed by atoms with Crippen molar-refractivity contribution in [3.63, 3.8) is 0 Å². The maximum atomic E-state index is 12.9. The van der Waals surface area contributed by atoms with Crippen LogP contribution in [0.2, 0.25) is 0 Å². The molecule has 2 aromatic heterocycles. The minimum Gasteiger partial charge on any atom is -0.497 e. The number of hydrogen-bond acceptors (Lipinski definition) is 6. The zero-order valence-electron chi connectivity index (χ0n) is 15.3. The Morgan fingerprint density at radius 3 is 2.68 bits per heavy atom. The van der Waals surface area contributed by atoms with E-state index in [-0.39, 0.29) is 29.8 Å². The van der Waals surface area contributed by atoms with Crippen LogP contribution in [0.15, 0.2) is 41.6 Å². The van der Waals surface area contributed by atoms with Gasteiger partial charge in [-0.2, -0.15) is 4.52 Å². The van der Waals surface area contributed by atoms with Gasteiger partial charge in [-0.1, -0.05) is 0 Å². The largest absolute Gasteiger partial charge is 0.497 e. The molecule has 0 aliphatic carbocycles. The number of hydrogen-bond donors (Lipinski definition) is 1. The monoisotopic (exact) mass is 382 g/mol. The number of amides is 2. The number of carbonyl (C=O) groups excluding carboxylic acids is 2. The molecule has 0 unspecified atom stereocenters. The summed E-state index contributed by atoms with van der Waals surface area (Å²) < 4.78 is 6.23. The Hall–Kier alpha value is -3.69. The third-order valence-electron chi connectivity index (χ3n) is 4.77. The van der Waals surface area contributed by atoms with Gasteiger partial charge >= 0.3 is 0 Å². The van der Waals surface area contributed by atoms with Crippen molar-refractivity contribution < 1.29 is 14.3 Å². The Kier molecular flexibility index (Phi) is 4.30. The fourth-order valence-electron chi connectivity index (χ4n) is 3.23. The van der Waals surface area contributed by atoms with Gasteiger partial charge in [0.25, 0.3) is 17.2 Å². The summed E-state index contributed by atoms with van der Waals surface area (Å²) in [6.07, 6.45) is 2.52. The molecule has 1 aromatic carbocycles. The summed E-state index contributed by atoms with van der Waals surface area (Å²) in [7, 11) is 1.57. The van der Waals surface area contributed by atoms with Gasteiger partial charge in [-0.3, -0.25) is 19.5 Å². The molecule has 1 aliphatic rings. The summed E-state index contributed by atoms with van der Waals surface area (Å²) >= 11 is 0. The van der Waals surface area contributed by atoms with Crippen LogP contribution in [0, 0.1) is 0 Å². The number of carbonyl (C=O) groups is 2. The molecule has 0 spiro atoms. The fourth-order valence-corrected chi connectivity index (χ4v) is 3.23. The number of piperazine rings is 1. The van der Waals surface area contributed by atoms with E-state index < -0.39 is 11.5 Å². The first-order chi connectivity index (χ1) is 13.5. The van der Waals surface area contributed by atoms with Gasteiger partial charge in [-0.25, -0.2) is 9.97 Å². The summed E-state index contributed by atoms with van der Waals surface area (Å²) in [5.41, 5.74) is 0.0643. The summed E-state index contributed by atoms with van der Waals surface area (Å²) in [5.74, 6) is 0.110. The Labute approximate surface area is 159 Å². The summed E-state index contributed by atoms with van der Waals surface area (Å²) in [5, 5.41) is 2.62. The molecule has 3 aromatic rings. The van der Waals surface area contributed by atoms with Crippen LogP contribution in [0.5, 0.6) is 5.75 Å². The number of nitrogens with zero attached hydrogens (tertiary/aromatic N) is 5. The van der Waals surface area contributed by atoms with Crippen molar-refractivity contribution in [2.45, 2.75) is 13.0 Å². The quantitative estimate of drug-likeness (QED) is 0.697. The number of rotatable bonds is 3. The Bertz CT molecular complexity index is 1100. The lowest BCUT2D eigenvalue weighted by atomic mass is 10.1. The van der Waals surface area contributed by atoms with Gasteiger partial charge < -0.3 is 14.5 Å². The predicted octanol–water partition coefficient (Wildman–Crippen LogP) is 0.304. The average molecular weight is 382 g/mol. The fraction of sp³-hybridized carbons (Fsp3) is 0.278. The number of nitrogens with one attached hydrogen (secondary N) is 1. The molecular weight excluding hydrogens is 364 g/mol. The van der Waals surface area contributed by atoms with E-state index in [1.165, 1.54) is 17.4 Å². The minimum atomic E-state index is -0.551. The number of anilines is 1. The van der Waals surface area contributed by atoms with E-state index in [0.717, 1.165) is 10.2 Å². The van der Waals surface area contributed by atoms with Crippen LogP contribution in [-0.4, -0.2) is 62.5 Å². The molecule has 1 saturated heterocycles. The summed E-state index contributed by atoms with van der Waals surface area (Å²) in [4.78, 5) is 49.0. The molecule has 4 rings (SSSR count). The number of benzene rings is 1. The summed E-state index contributed by atoms with van der Waals surface area (Å²) in [6.45, 7) is 2.02. The van der Waals surface area contributed by atoms with Crippen LogP contribution in [-0.2, 0) is 4.79 Å². The van der Waals surface area contributed by atoms with Gasteiger partial charge in [0.05, 0.1) is 7.11 Å². The van der Waals surface area contributed by atoms with Crippen molar-refractivity contribution >= 4 is 23.3 Å². The molecule has 0 radical (unpaired) electrons. The van der Waals surface area contributed by atoms with E-state index >= 15 is 0 Å². The number of H-pyrrole nitrogens is 1. The first-order valence-corrected chi connectivity index (χ1v) is 8.66. The van der Waals surface area contributed by atoms with Gasteiger partial charge in [0.1, 0.15) is 24.2 Å². The smallest absolute Gasteiger partial charge is 0.286 e. The molecule has 144 valence electrons.